The largest absolute Gasteiger partial charge is 0.378 e. The first-order valence-electron chi connectivity index (χ1n) is 7.00. The second kappa shape index (κ2) is 5.50. The van der Waals surface area contributed by atoms with Crippen LogP contribution >= 0.6 is 15.9 Å². The molecule has 0 saturated carbocycles. The summed E-state index contributed by atoms with van der Waals surface area (Å²) in [6.07, 6.45) is 6.08. The highest BCUT2D eigenvalue weighted by Gasteiger charge is 2.41. The maximum absolute atomic E-state index is 5.96. The van der Waals surface area contributed by atoms with Gasteiger partial charge in [0, 0.05) is 32.3 Å². The van der Waals surface area contributed by atoms with E-state index >= 15 is 0 Å². The first kappa shape index (κ1) is 13.5. The highest BCUT2D eigenvalue weighted by atomic mass is 79.9. The Bertz CT molecular complexity index is 431. The Balaban J connectivity index is 1.73. The first-order chi connectivity index (χ1) is 9.22. The van der Waals surface area contributed by atoms with Crippen LogP contribution in [0.3, 0.4) is 0 Å². The first-order valence-corrected chi connectivity index (χ1v) is 7.91. The number of halogens is 1. The molecule has 0 aromatic carbocycles. The van der Waals surface area contributed by atoms with Crippen LogP contribution in [0.5, 0.6) is 0 Å². The third-order valence-corrected chi connectivity index (χ3v) is 5.23. The van der Waals surface area contributed by atoms with Gasteiger partial charge in [0.1, 0.15) is 0 Å². The molecule has 2 aliphatic heterocycles. The van der Waals surface area contributed by atoms with Crippen LogP contribution in [0.2, 0.25) is 0 Å². The molecule has 6 heteroatoms. The zero-order valence-corrected chi connectivity index (χ0v) is 12.8. The van der Waals surface area contributed by atoms with Crippen LogP contribution in [0.1, 0.15) is 49.2 Å². The molecular formula is C13H20BrN3O2. The number of aromatic nitrogens is 3. The quantitative estimate of drug-likeness (QED) is 0.800. The Morgan fingerprint density at radius 1 is 1.58 bits per heavy atom. The summed E-state index contributed by atoms with van der Waals surface area (Å²) in [4.78, 5) is 0.296. The summed E-state index contributed by atoms with van der Waals surface area (Å²) in [5.41, 5.74) is 0.943. The summed E-state index contributed by atoms with van der Waals surface area (Å²) in [5.74, 6) is 0. The van der Waals surface area contributed by atoms with Gasteiger partial charge in [0.15, 0.2) is 0 Å². The normalized spacial score (nSPS) is 32.8. The molecule has 1 spiro atoms. The second-order valence-electron chi connectivity index (χ2n) is 5.48. The fourth-order valence-electron chi connectivity index (χ4n) is 2.91. The van der Waals surface area contributed by atoms with E-state index in [-0.39, 0.29) is 5.60 Å². The standard InChI is InChI=1S/C13H20BrN3O2/c1-2-11(14)12-8-17(16-15-12)10-3-5-19-13(7-10)4-6-18-9-13/h8,10-11H,2-7,9H2,1H3. The molecule has 2 fully saturated rings. The van der Waals surface area contributed by atoms with Crippen LogP contribution < -0.4 is 0 Å². The van der Waals surface area contributed by atoms with Crippen molar-refractivity contribution in [2.75, 3.05) is 19.8 Å². The van der Waals surface area contributed by atoms with Crippen molar-refractivity contribution in [3.8, 4) is 0 Å². The van der Waals surface area contributed by atoms with Crippen LogP contribution in [-0.2, 0) is 9.47 Å². The zero-order chi connectivity index (χ0) is 13.3. The van der Waals surface area contributed by atoms with Crippen LogP contribution in [0.4, 0.5) is 0 Å². The van der Waals surface area contributed by atoms with Gasteiger partial charge < -0.3 is 9.47 Å². The number of alkyl halides is 1. The third-order valence-electron chi connectivity index (χ3n) is 4.12. The molecular weight excluding hydrogens is 310 g/mol. The Labute approximate surface area is 121 Å². The van der Waals surface area contributed by atoms with Crippen LogP contribution in [0.25, 0.3) is 0 Å². The van der Waals surface area contributed by atoms with Gasteiger partial charge in [-0.1, -0.05) is 28.1 Å². The van der Waals surface area contributed by atoms with Crippen molar-refractivity contribution in [1.29, 1.82) is 0 Å². The van der Waals surface area contributed by atoms with E-state index in [2.05, 4.69) is 39.4 Å². The van der Waals surface area contributed by atoms with E-state index in [0.29, 0.717) is 10.9 Å². The predicted octanol–water partition coefficient (Wildman–Crippen LogP) is 2.63. The fraction of sp³-hybridized carbons (Fsp3) is 0.846. The number of ether oxygens (including phenoxy) is 2. The molecule has 0 amide bonds. The van der Waals surface area contributed by atoms with Gasteiger partial charge >= 0.3 is 0 Å². The molecule has 0 radical (unpaired) electrons. The topological polar surface area (TPSA) is 49.2 Å². The van der Waals surface area contributed by atoms with E-state index in [9.17, 15) is 0 Å². The lowest BCUT2D eigenvalue weighted by Crippen LogP contribution is -2.41. The van der Waals surface area contributed by atoms with Gasteiger partial charge in [-0.3, -0.25) is 0 Å². The van der Waals surface area contributed by atoms with Crippen LogP contribution in [-0.4, -0.2) is 40.4 Å². The van der Waals surface area contributed by atoms with E-state index < -0.39 is 0 Å². The summed E-state index contributed by atoms with van der Waals surface area (Å²) in [6, 6.07) is 0.383. The zero-order valence-electron chi connectivity index (χ0n) is 11.2. The highest BCUT2D eigenvalue weighted by Crippen LogP contribution is 2.38. The molecule has 3 unspecified atom stereocenters. The third kappa shape index (κ3) is 2.71. The average Bonchev–Trinajstić information content (AvgIpc) is 3.08. The smallest absolute Gasteiger partial charge is 0.0963 e. The molecule has 1 aromatic rings. The highest BCUT2D eigenvalue weighted by molar-refractivity contribution is 9.09. The fourth-order valence-corrected chi connectivity index (χ4v) is 3.12. The van der Waals surface area contributed by atoms with E-state index in [1.807, 2.05) is 4.68 Å². The summed E-state index contributed by atoms with van der Waals surface area (Å²) in [7, 11) is 0. The van der Waals surface area contributed by atoms with E-state index in [1.165, 1.54) is 0 Å². The molecule has 19 heavy (non-hydrogen) atoms. The molecule has 2 aliphatic rings. The van der Waals surface area contributed by atoms with Crippen molar-refractivity contribution in [2.24, 2.45) is 0 Å². The van der Waals surface area contributed by atoms with Gasteiger partial charge in [-0.25, -0.2) is 4.68 Å². The van der Waals surface area contributed by atoms with Crippen molar-refractivity contribution >= 4 is 15.9 Å². The second-order valence-corrected chi connectivity index (χ2v) is 6.59. The van der Waals surface area contributed by atoms with E-state index in [0.717, 1.165) is 51.2 Å². The van der Waals surface area contributed by atoms with Gasteiger partial charge in [-0.2, -0.15) is 0 Å². The number of nitrogens with zero attached hydrogens (tertiary/aromatic N) is 3. The summed E-state index contributed by atoms with van der Waals surface area (Å²) < 4.78 is 13.5. The number of hydrogen-bond donors (Lipinski definition) is 0. The number of hydrogen-bond acceptors (Lipinski definition) is 4. The monoisotopic (exact) mass is 329 g/mol. The van der Waals surface area contributed by atoms with Crippen molar-refractivity contribution in [3.63, 3.8) is 0 Å². The van der Waals surface area contributed by atoms with Crippen molar-refractivity contribution in [1.82, 2.24) is 15.0 Å². The molecule has 0 bridgehead atoms. The number of rotatable bonds is 3. The lowest BCUT2D eigenvalue weighted by molar-refractivity contribution is -0.0964. The summed E-state index contributed by atoms with van der Waals surface area (Å²) in [6.45, 7) is 4.46. The molecule has 5 nitrogen and oxygen atoms in total. The molecule has 0 N–H and O–H groups in total. The Morgan fingerprint density at radius 2 is 2.47 bits per heavy atom. The summed E-state index contributed by atoms with van der Waals surface area (Å²) >= 11 is 3.62. The lowest BCUT2D eigenvalue weighted by Gasteiger charge is -2.36. The minimum absolute atomic E-state index is 0.0758. The molecule has 106 valence electrons. The average molecular weight is 330 g/mol. The molecule has 3 heterocycles. The molecule has 3 rings (SSSR count). The Morgan fingerprint density at radius 3 is 3.21 bits per heavy atom. The van der Waals surface area contributed by atoms with Crippen molar-refractivity contribution in [3.05, 3.63) is 11.9 Å². The van der Waals surface area contributed by atoms with Gasteiger partial charge in [-0.05, 0) is 12.8 Å². The van der Waals surface area contributed by atoms with Crippen molar-refractivity contribution in [2.45, 2.75) is 49.1 Å². The Hall–Kier alpha value is -0.460. The molecule has 1 aromatic heterocycles. The SMILES string of the molecule is CCC(Br)c1cn(C2CCOC3(CCOC3)C2)nn1. The van der Waals surface area contributed by atoms with Crippen molar-refractivity contribution < 1.29 is 9.47 Å². The molecule has 3 atom stereocenters. The minimum atomic E-state index is -0.0758. The van der Waals surface area contributed by atoms with Crippen LogP contribution in [0.15, 0.2) is 6.20 Å². The molecule has 2 saturated heterocycles. The van der Waals surface area contributed by atoms with E-state index in [4.69, 9.17) is 9.47 Å². The minimum Gasteiger partial charge on any atom is -0.378 e. The van der Waals surface area contributed by atoms with Gasteiger partial charge in [0.25, 0.3) is 0 Å². The maximum Gasteiger partial charge on any atom is 0.0963 e. The van der Waals surface area contributed by atoms with E-state index in [1.54, 1.807) is 0 Å². The van der Waals surface area contributed by atoms with Gasteiger partial charge in [-0.15, -0.1) is 5.10 Å². The van der Waals surface area contributed by atoms with Gasteiger partial charge in [0.05, 0.1) is 28.8 Å². The van der Waals surface area contributed by atoms with Gasteiger partial charge in [0.2, 0.25) is 0 Å². The predicted molar refractivity (Wildman–Crippen MR) is 74.4 cm³/mol. The Kier molecular flexibility index (Phi) is 3.91. The maximum atomic E-state index is 5.96. The molecule has 0 aliphatic carbocycles. The summed E-state index contributed by atoms with van der Waals surface area (Å²) in [5, 5.41) is 8.57. The lowest BCUT2D eigenvalue weighted by atomic mass is 9.90. The van der Waals surface area contributed by atoms with Crippen LogP contribution in [0, 0.1) is 0 Å².